The second-order valence-electron chi connectivity index (χ2n) is 24.4. The number of pyridine rings is 7. The first-order valence-electron chi connectivity index (χ1n) is 41.6. The third kappa shape index (κ3) is 23.8. The molecule has 0 bridgehead atoms. The predicted octanol–water partition coefficient (Wildman–Crippen LogP) is 22.3. The van der Waals surface area contributed by atoms with Gasteiger partial charge in [0.2, 0.25) is 11.4 Å². The van der Waals surface area contributed by atoms with Gasteiger partial charge in [-0.15, -0.1) is 126 Å². The van der Waals surface area contributed by atoms with Crippen molar-refractivity contribution in [3.63, 3.8) is 0 Å². The Morgan fingerprint density at radius 1 is 0.454 bits per heavy atom. The van der Waals surface area contributed by atoms with Gasteiger partial charge in [0.25, 0.3) is 0 Å². The first-order valence-corrected chi connectivity index (χ1v) is 34.5. The topological polar surface area (TPSA) is 211 Å². The molecule has 570 valence electrons. The van der Waals surface area contributed by atoms with Gasteiger partial charge in [0, 0.05) is 142 Å². The van der Waals surface area contributed by atoms with E-state index >= 15 is 0 Å². The zero-order chi connectivity index (χ0) is 91.9. The summed E-state index contributed by atoms with van der Waals surface area (Å²) in [4.78, 5) is 30.3. The van der Waals surface area contributed by atoms with Crippen LogP contribution < -0.4 is 0 Å². The molecular weight excluding hydrogens is 1740 g/mol. The van der Waals surface area contributed by atoms with E-state index in [9.17, 15) is 13.2 Å². The molecular formula is C88H92F3Ir2N7O7S-4. The molecule has 14 aromatic rings. The average molecular weight is 1850 g/mol. The largest absolute Gasteiger partial charge is 0.522 e. The number of aromatic nitrogens is 7. The Morgan fingerprint density at radius 2 is 0.852 bits per heavy atom. The molecule has 14 nitrogen and oxygen atoms in total. The molecule has 0 saturated heterocycles. The summed E-state index contributed by atoms with van der Waals surface area (Å²) < 4.78 is 201. The van der Waals surface area contributed by atoms with Crippen molar-refractivity contribution in [3.8, 4) is 56.3 Å². The zero-order valence-electron chi connectivity index (χ0n) is 78.1. The van der Waals surface area contributed by atoms with Gasteiger partial charge in [-0.3, -0.25) is 9.54 Å². The van der Waals surface area contributed by atoms with Crippen LogP contribution in [0.25, 0.3) is 100 Å². The van der Waals surface area contributed by atoms with Crippen LogP contribution in [-0.4, -0.2) is 77.8 Å². The van der Waals surface area contributed by atoms with Crippen molar-refractivity contribution in [2.24, 2.45) is 0 Å². The summed E-state index contributed by atoms with van der Waals surface area (Å²) >= 11 is 0. The number of benzene rings is 5. The standard InChI is InChI=1S/C20H18N2O.C20H17N2O.3C15H16N.CHF3O3S.2CH4O.2Ir/c2*1-12(2)14-9-10-21-18(11-14)17-6-4-5-15-16-8-7-13(3)22-20(16)23-19(15)17;3*1-11(2)14-10-16-15(9-12(14)3)13-7-5-4-6-8-13;2-1(3,4)8(5,6)7;2*1-2;;/h4-12H,1-3H3;4-5,7-12H,1-3H3;3*4-7,9-11H,1-3H3;(H,5,6,7);2*2H,1H3;;/q;4*-1;;;;;/i1D3,2D3,3D3,12D;1D3,3D3,12D;;;;;;;;. The Kier molecular flexibility index (Phi) is 25.5. The predicted molar refractivity (Wildman–Crippen MR) is 422 cm³/mol. The number of aryl methyl sites for hydroxylation is 5. The number of aliphatic hydroxyl groups excluding tert-OH is 2. The van der Waals surface area contributed by atoms with Crippen LogP contribution in [0.15, 0.2) is 210 Å². The molecule has 9 heterocycles. The van der Waals surface area contributed by atoms with E-state index in [2.05, 4.69) is 140 Å². The van der Waals surface area contributed by atoms with Gasteiger partial charge in [0.1, 0.15) is 5.58 Å². The average Bonchev–Trinajstić information content (AvgIpc) is 1.62. The summed E-state index contributed by atoms with van der Waals surface area (Å²) in [5.74, 6) is -3.10. The Morgan fingerprint density at radius 3 is 1.23 bits per heavy atom. The van der Waals surface area contributed by atoms with Crippen LogP contribution in [-0.2, 0) is 50.3 Å². The van der Waals surface area contributed by atoms with Gasteiger partial charge in [-0.2, -0.15) is 21.6 Å². The van der Waals surface area contributed by atoms with Gasteiger partial charge < -0.3 is 39.0 Å². The van der Waals surface area contributed by atoms with Crippen LogP contribution in [0.3, 0.4) is 0 Å². The number of rotatable bonds is 10. The number of aliphatic hydroxyl groups is 2. The second kappa shape index (κ2) is 41.9. The van der Waals surface area contributed by atoms with E-state index in [0.29, 0.717) is 67.3 Å². The second-order valence-corrected chi connectivity index (χ2v) is 25.8. The first kappa shape index (κ1) is 65.7. The molecule has 0 amide bonds. The van der Waals surface area contributed by atoms with Crippen LogP contribution in [0.1, 0.15) is 178 Å². The number of hydrogen-bond donors (Lipinski definition) is 3. The van der Waals surface area contributed by atoms with Crippen molar-refractivity contribution in [2.45, 2.75) is 139 Å². The van der Waals surface area contributed by atoms with E-state index in [1.807, 2.05) is 91.4 Å². The van der Waals surface area contributed by atoms with E-state index in [4.69, 9.17) is 55.3 Å². The van der Waals surface area contributed by atoms with Gasteiger partial charge in [-0.25, -0.2) is 9.97 Å². The Hall–Kier alpha value is -9.33. The molecule has 0 fully saturated rings. The van der Waals surface area contributed by atoms with E-state index in [-0.39, 0.29) is 79.8 Å². The number of furan rings is 2. The van der Waals surface area contributed by atoms with Crippen molar-refractivity contribution in [2.75, 3.05) is 14.2 Å². The Labute approximate surface area is 684 Å². The minimum absolute atomic E-state index is 0. The minimum Gasteiger partial charge on any atom is -0.486 e. The first-order chi connectivity index (χ1) is 57.3. The van der Waals surface area contributed by atoms with E-state index in [1.54, 1.807) is 48.5 Å². The maximum absolute atomic E-state index is 10.7. The fourth-order valence-corrected chi connectivity index (χ4v) is 10.8. The molecule has 0 aliphatic heterocycles. The maximum atomic E-state index is 10.7. The van der Waals surface area contributed by atoms with Crippen LogP contribution in [0.5, 0.6) is 0 Å². The molecule has 0 aliphatic carbocycles. The van der Waals surface area contributed by atoms with Gasteiger partial charge in [-0.05, 0) is 158 Å². The summed E-state index contributed by atoms with van der Waals surface area (Å²) in [7, 11) is -3.84. The summed E-state index contributed by atoms with van der Waals surface area (Å²) in [6.07, 6.45) is 8.64. The number of fused-ring (bicyclic) bond motifs is 6. The number of para-hydroxylation sites is 1. The SMILES string of the molecule is CO.CO.Cc1cc(-c2[c-]cccc2)ncc1C(C)C.Cc1cc(-c2[c-]cccc2)ncc1C(C)C.Cc1cc(-c2[c-]cccc2)ncc1C(C)C.O=S(=O)(O)C(F)(F)F.[2H]C([2H])([2H])c1ccc2c(n1)oc1c(-c3cc(C([2H])(C([2H])([2H])[2H])C([2H])([2H])[2H])ccn3)cccc12.[2H]C([2H])([2H])c1ccc2c(n1)oc1c(-c3cc(C([2H])(C)C([2H])([2H])[2H])ccn3)[c-]ccc12.[Ir].[Ir]. The number of alkyl halides is 3. The smallest absolute Gasteiger partial charge is 0.486 e. The Balaban J connectivity index is 0.000000276. The number of nitrogens with zero attached hydrogens (tertiary/aromatic N) is 7. The molecule has 3 N–H and O–H groups in total. The molecule has 0 spiro atoms. The van der Waals surface area contributed by atoms with E-state index < -0.39 is 61.7 Å². The molecule has 108 heavy (non-hydrogen) atoms. The Bertz CT molecular complexity index is 5770. The van der Waals surface area contributed by atoms with Crippen LogP contribution in [0, 0.1) is 58.7 Å². The fourth-order valence-electron chi connectivity index (χ4n) is 10.8. The van der Waals surface area contributed by atoms with Crippen molar-refractivity contribution >= 4 is 54.3 Å². The molecule has 0 saturated carbocycles. The molecule has 5 aromatic carbocycles. The van der Waals surface area contributed by atoms with Crippen molar-refractivity contribution in [1.82, 2.24) is 34.9 Å². The van der Waals surface area contributed by atoms with Gasteiger partial charge in [-0.1, -0.05) is 139 Å². The molecule has 20 heteroatoms. The maximum Gasteiger partial charge on any atom is 0.522 e. The van der Waals surface area contributed by atoms with Crippen molar-refractivity contribution < 1.29 is 109 Å². The van der Waals surface area contributed by atoms with Crippen LogP contribution >= 0.6 is 0 Å². The summed E-state index contributed by atoms with van der Waals surface area (Å²) in [6.45, 7) is 7.39. The summed E-state index contributed by atoms with van der Waals surface area (Å²) in [6, 6.07) is 63.1. The molecule has 2 radical (unpaired) electrons. The third-order valence-corrected chi connectivity index (χ3v) is 16.6. The zero-order valence-corrected chi connectivity index (χ0v) is 66.7. The third-order valence-electron chi connectivity index (χ3n) is 16.0. The van der Waals surface area contributed by atoms with Crippen molar-refractivity contribution in [1.29, 1.82) is 0 Å². The molecule has 1 atom stereocenters. The normalized spacial score (nSPS) is 14.4. The van der Waals surface area contributed by atoms with E-state index in [1.165, 1.54) is 83.0 Å². The van der Waals surface area contributed by atoms with Gasteiger partial charge >= 0.3 is 15.6 Å². The quantitative estimate of drug-likeness (QED) is 0.0661. The number of halogens is 3. The summed E-state index contributed by atoms with van der Waals surface area (Å²) in [5.41, 5.74) is 10.9. The molecule has 14 rings (SSSR count). The van der Waals surface area contributed by atoms with Crippen molar-refractivity contribution in [3.05, 3.63) is 281 Å². The molecule has 0 aliphatic rings. The van der Waals surface area contributed by atoms with Gasteiger partial charge in [0.15, 0.2) is 0 Å². The summed E-state index contributed by atoms with van der Waals surface area (Å²) in [5, 5.41) is 16.6. The molecule has 9 aromatic heterocycles. The van der Waals surface area contributed by atoms with Crippen LogP contribution in [0.2, 0.25) is 0 Å². The van der Waals surface area contributed by atoms with Crippen LogP contribution in [0.4, 0.5) is 13.2 Å². The molecule has 1 unspecified atom stereocenters. The van der Waals surface area contributed by atoms with E-state index in [0.717, 1.165) is 48.0 Å². The number of hydrogen-bond acceptors (Lipinski definition) is 13. The monoisotopic (exact) mass is 1850 g/mol. The minimum atomic E-state index is -5.84. The fraction of sp³-hybridized carbons (Fsp3) is 0.261. The van der Waals surface area contributed by atoms with Gasteiger partial charge in [0.05, 0.1) is 11.3 Å².